The molecule has 1 unspecified atom stereocenters. The van der Waals surface area contributed by atoms with Gasteiger partial charge in [0.05, 0.1) is 5.39 Å². The smallest absolute Gasteiger partial charge is 0.326 e. The molecule has 2 N–H and O–H groups in total. The molecule has 2 aromatic heterocycles. The summed E-state index contributed by atoms with van der Waals surface area (Å²) in [5.74, 6) is 0.505. The number of aliphatic carboxylic acids is 1. The largest absolute Gasteiger partial charge is 0.480 e. The maximum Gasteiger partial charge on any atom is 0.326 e. The van der Waals surface area contributed by atoms with Crippen molar-refractivity contribution in [2.75, 3.05) is 5.32 Å². The van der Waals surface area contributed by atoms with Gasteiger partial charge in [-0.1, -0.05) is 13.8 Å². The first kappa shape index (κ1) is 15.2. The molecule has 2 aromatic rings. The summed E-state index contributed by atoms with van der Waals surface area (Å²) in [5.41, 5.74) is 1.32. The molecule has 0 aliphatic heterocycles. The maximum absolute atomic E-state index is 11.5. The summed E-state index contributed by atoms with van der Waals surface area (Å²) in [6, 6.07) is -0.642. The fraction of sp³-hybridized carbons (Fsp3) is 0.562. The molecule has 0 amide bonds. The van der Waals surface area contributed by atoms with Crippen LogP contribution in [-0.2, 0) is 17.6 Å². The molecule has 0 saturated carbocycles. The Morgan fingerprint density at radius 1 is 1.27 bits per heavy atom. The molecule has 3 rings (SSSR count). The Bertz CT molecular complexity index is 724. The minimum absolute atomic E-state index is 0.0164. The van der Waals surface area contributed by atoms with Crippen molar-refractivity contribution in [3.05, 3.63) is 16.3 Å². The topological polar surface area (TPSA) is 75.1 Å². The number of aryl methyl sites for hydroxylation is 3. The van der Waals surface area contributed by atoms with Crippen LogP contribution in [0.1, 0.15) is 43.0 Å². The number of nitrogens with one attached hydrogen (secondary N) is 1. The fourth-order valence-electron chi connectivity index (χ4n) is 3.03. The van der Waals surface area contributed by atoms with Crippen LogP contribution in [-0.4, -0.2) is 27.1 Å². The molecule has 22 heavy (non-hydrogen) atoms. The predicted octanol–water partition coefficient (Wildman–Crippen LogP) is 3.40. The van der Waals surface area contributed by atoms with Gasteiger partial charge in [0.25, 0.3) is 0 Å². The standard InChI is InChI=1S/C16H21N3O2S/c1-8(2)13(16(20)21)19-14-12-10-6-4-5-7-11(10)22-15(12)18-9(3)17-14/h8,13H,4-7H2,1-3H3,(H,20,21)(H,17,18,19). The van der Waals surface area contributed by atoms with E-state index in [-0.39, 0.29) is 5.92 Å². The number of hydrogen-bond donors (Lipinski definition) is 2. The number of nitrogens with zero attached hydrogens (tertiary/aromatic N) is 2. The quantitative estimate of drug-likeness (QED) is 0.903. The van der Waals surface area contributed by atoms with Gasteiger partial charge < -0.3 is 10.4 Å². The van der Waals surface area contributed by atoms with E-state index < -0.39 is 12.0 Å². The molecular formula is C16H21N3O2S. The van der Waals surface area contributed by atoms with Crippen molar-refractivity contribution in [1.29, 1.82) is 0 Å². The number of carbonyl (C=O) groups is 1. The Labute approximate surface area is 133 Å². The fourth-order valence-corrected chi connectivity index (χ4v) is 4.34. The Morgan fingerprint density at radius 2 is 2.00 bits per heavy atom. The van der Waals surface area contributed by atoms with Crippen molar-refractivity contribution in [3.63, 3.8) is 0 Å². The number of thiophene rings is 1. The van der Waals surface area contributed by atoms with E-state index in [9.17, 15) is 9.90 Å². The first-order valence-corrected chi connectivity index (χ1v) is 8.57. The molecule has 2 heterocycles. The molecule has 0 spiro atoms. The van der Waals surface area contributed by atoms with E-state index in [1.165, 1.54) is 23.3 Å². The Hall–Kier alpha value is -1.69. The zero-order valence-corrected chi connectivity index (χ0v) is 14.0. The minimum Gasteiger partial charge on any atom is -0.480 e. The summed E-state index contributed by atoms with van der Waals surface area (Å²) in [4.78, 5) is 22.9. The molecule has 6 heteroatoms. The van der Waals surface area contributed by atoms with Crippen LogP contribution in [0.2, 0.25) is 0 Å². The average Bonchev–Trinajstić information content (AvgIpc) is 2.81. The van der Waals surface area contributed by atoms with E-state index in [0.717, 1.165) is 23.1 Å². The van der Waals surface area contributed by atoms with E-state index in [1.807, 2.05) is 20.8 Å². The zero-order valence-electron chi connectivity index (χ0n) is 13.1. The summed E-state index contributed by atoms with van der Waals surface area (Å²) >= 11 is 1.73. The molecule has 5 nitrogen and oxygen atoms in total. The van der Waals surface area contributed by atoms with Gasteiger partial charge in [-0.05, 0) is 44.1 Å². The molecule has 118 valence electrons. The Morgan fingerprint density at radius 3 is 2.68 bits per heavy atom. The molecule has 0 aromatic carbocycles. The van der Waals surface area contributed by atoms with Crippen LogP contribution < -0.4 is 5.32 Å². The number of carboxylic acids is 1. The highest BCUT2D eigenvalue weighted by Gasteiger charge is 2.26. The van der Waals surface area contributed by atoms with Crippen LogP contribution in [0.15, 0.2) is 0 Å². The van der Waals surface area contributed by atoms with E-state index in [2.05, 4.69) is 15.3 Å². The third-order valence-corrected chi connectivity index (χ3v) is 5.34. The van der Waals surface area contributed by atoms with Gasteiger partial charge in [0.2, 0.25) is 0 Å². The molecule has 1 aliphatic carbocycles. The molecule has 0 fully saturated rings. The van der Waals surface area contributed by atoms with Crippen molar-refractivity contribution < 1.29 is 9.90 Å². The van der Waals surface area contributed by atoms with Gasteiger partial charge in [0.15, 0.2) is 0 Å². The molecule has 0 bridgehead atoms. The van der Waals surface area contributed by atoms with Crippen LogP contribution in [0.4, 0.5) is 5.82 Å². The van der Waals surface area contributed by atoms with Crippen LogP contribution in [0.3, 0.4) is 0 Å². The third-order valence-electron chi connectivity index (χ3n) is 4.15. The lowest BCUT2D eigenvalue weighted by Crippen LogP contribution is -2.34. The summed E-state index contributed by atoms with van der Waals surface area (Å²) < 4.78 is 0. The van der Waals surface area contributed by atoms with Gasteiger partial charge in [0, 0.05) is 4.88 Å². The van der Waals surface area contributed by atoms with Gasteiger partial charge in [-0.25, -0.2) is 14.8 Å². The van der Waals surface area contributed by atoms with Crippen LogP contribution in [0, 0.1) is 12.8 Å². The van der Waals surface area contributed by atoms with Crippen molar-refractivity contribution in [1.82, 2.24) is 9.97 Å². The van der Waals surface area contributed by atoms with Gasteiger partial charge in [-0.3, -0.25) is 0 Å². The summed E-state index contributed by atoms with van der Waals surface area (Å²) in [7, 11) is 0. The van der Waals surface area contributed by atoms with Crippen LogP contribution in [0.5, 0.6) is 0 Å². The monoisotopic (exact) mass is 319 g/mol. The van der Waals surface area contributed by atoms with Crippen LogP contribution >= 0.6 is 11.3 Å². The minimum atomic E-state index is -0.844. The zero-order chi connectivity index (χ0) is 15.9. The molecule has 1 atom stereocenters. The number of rotatable bonds is 4. The highest BCUT2D eigenvalue weighted by atomic mass is 32.1. The molecule has 0 radical (unpaired) electrons. The van der Waals surface area contributed by atoms with Gasteiger partial charge in [-0.15, -0.1) is 11.3 Å². The van der Waals surface area contributed by atoms with Crippen molar-refractivity contribution in [2.45, 2.75) is 52.5 Å². The summed E-state index contributed by atoms with van der Waals surface area (Å²) in [6.07, 6.45) is 4.54. The van der Waals surface area contributed by atoms with E-state index in [4.69, 9.17) is 0 Å². The SMILES string of the molecule is Cc1nc(NC(C(=O)O)C(C)C)c2c3c(sc2n1)CCCC3. The lowest BCUT2D eigenvalue weighted by atomic mass is 9.96. The normalized spacial score (nSPS) is 15.8. The Balaban J connectivity index is 2.11. The second-order valence-corrected chi connectivity index (χ2v) is 7.30. The summed E-state index contributed by atoms with van der Waals surface area (Å²) in [6.45, 7) is 5.66. The van der Waals surface area contributed by atoms with Crippen molar-refractivity contribution in [3.8, 4) is 0 Å². The lowest BCUT2D eigenvalue weighted by molar-refractivity contribution is -0.138. The second-order valence-electron chi connectivity index (χ2n) is 6.21. The molecule has 1 aliphatic rings. The van der Waals surface area contributed by atoms with Gasteiger partial charge in [-0.2, -0.15) is 0 Å². The number of aromatic nitrogens is 2. The number of anilines is 1. The first-order valence-electron chi connectivity index (χ1n) is 7.75. The lowest BCUT2D eigenvalue weighted by Gasteiger charge is -2.20. The van der Waals surface area contributed by atoms with Crippen LogP contribution in [0.25, 0.3) is 10.2 Å². The number of fused-ring (bicyclic) bond motifs is 3. The molecule has 0 saturated heterocycles. The van der Waals surface area contributed by atoms with E-state index in [1.54, 1.807) is 11.3 Å². The third kappa shape index (κ3) is 2.67. The van der Waals surface area contributed by atoms with Gasteiger partial charge >= 0.3 is 5.97 Å². The van der Waals surface area contributed by atoms with Crippen molar-refractivity contribution in [2.24, 2.45) is 5.92 Å². The highest BCUT2D eigenvalue weighted by molar-refractivity contribution is 7.19. The summed E-state index contributed by atoms with van der Waals surface area (Å²) in [5, 5.41) is 13.6. The van der Waals surface area contributed by atoms with Gasteiger partial charge in [0.1, 0.15) is 22.5 Å². The van der Waals surface area contributed by atoms with E-state index in [0.29, 0.717) is 11.6 Å². The maximum atomic E-state index is 11.5. The predicted molar refractivity (Wildman–Crippen MR) is 88.7 cm³/mol. The van der Waals surface area contributed by atoms with Crippen molar-refractivity contribution >= 4 is 33.3 Å². The Kier molecular flexibility index (Phi) is 4.04. The number of hydrogen-bond acceptors (Lipinski definition) is 5. The average molecular weight is 319 g/mol. The first-order chi connectivity index (χ1) is 10.5. The highest BCUT2D eigenvalue weighted by Crippen LogP contribution is 2.38. The molecular weight excluding hydrogens is 298 g/mol. The second kappa shape index (κ2) is 5.83. The number of carboxylic acid groups (broad SMARTS) is 1. The van der Waals surface area contributed by atoms with E-state index >= 15 is 0 Å².